The Labute approximate surface area is 105 Å². The summed E-state index contributed by atoms with van der Waals surface area (Å²) in [6.45, 7) is 2.44. The summed E-state index contributed by atoms with van der Waals surface area (Å²) >= 11 is 0. The van der Waals surface area contributed by atoms with Crippen molar-refractivity contribution in [3.63, 3.8) is 0 Å². The number of amides is 1. The van der Waals surface area contributed by atoms with Gasteiger partial charge in [-0.15, -0.1) is 0 Å². The lowest BCUT2D eigenvalue weighted by Crippen LogP contribution is -2.24. The molecular weight excluding hydrogens is 228 g/mol. The monoisotopic (exact) mass is 242 g/mol. The second-order valence-electron chi connectivity index (χ2n) is 4.11. The minimum Gasteiger partial charge on any atom is -0.357 e. The Morgan fingerprint density at radius 3 is 2.83 bits per heavy atom. The first-order chi connectivity index (χ1) is 8.65. The first-order valence-electron chi connectivity index (χ1n) is 5.67. The average Bonchev–Trinajstić information content (AvgIpc) is 2.36. The summed E-state index contributed by atoms with van der Waals surface area (Å²) in [6, 6.07) is 10.6. The van der Waals surface area contributed by atoms with E-state index in [2.05, 4.69) is 10.3 Å². The van der Waals surface area contributed by atoms with Gasteiger partial charge in [0.2, 0.25) is 0 Å². The van der Waals surface area contributed by atoms with E-state index in [4.69, 9.17) is 0 Å². The van der Waals surface area contributed by atoms with Crippen LogP contribution in [0.1, 0.15) is 21.6 Å². The van der Waals surface area contributed by atoms with Crippen molar-refractivity contribution in [3.05, 3.63) is 69.6 Å². The van der Waals surface area contributed by atoms with Crippen molar-refractivity contribution in [2.45, 2.75) is 13.5 Å². The largest absolute Gasteiger partial charge is 0.357 e. The maximum Gasteiger partial charge on any atom is 0.268 e. The smallest absolute Gasteiger partial charge is 0.268 e. The summed E-state index contributed by atoms with van der Waals surface area (Å²) < 4.78 is 0. The first-order valence-corrected chi connectivity index (χ1v) is 5.67. The molecule has 0 atom stereocenters. The first kappa shape index (κ1) is 12.1. The zero-order valence-electron chi connectivity index (χ0n) is 10.1. The fourth-order valence-electron chi connectivity index (χ4n) is 1.68. The molecule has 4 heteroatoms. The summed E-state index contributed by atoms with van der Waals surface area (Å²) in [4.78, 5) is 25.6. The lowest BCUT2D eigenvalue weighted by Gasteiger charge is -2.05. The number of aromatic amines is 1. The highest BCUT2D eigenvalue weighted by atomic mass is 16.2. The highest BCUT2D eigenvalue weighted by Crippen LogP contribution is 2.03. The van der Waals surface area contributed by atoms with E-state index in [0.717, 1.165) is 11.1 Å². The summed E-state index contributed by atoms with van der Waals surface area (Å²) in [6.07, 6.45) is 1.46. The number of hydrogen-bond donors (Lipinski definition) is 2. The molecule has 0 saturated carbocycles. The van der Waals surface area contributed by atoms with E-state index in [-0.39, 0.29) is 17.0 Å². The van der Waals surface area contributed by atoms with Crippen LogP contribution in [0.15, 0.2) is 47.4 Å². The summed E-state index contributed by atoms with van der Waals surface area (Å²) in [7, 11) is 0. The van der Waals surface area contributed by atoms with Crippen molar-refractivity contribution in [2.75, 3.05) is 0 Å². The molecule has 1 aromatic carbocycles. The number of nitrogens with one attached hydrogen (secondary N) is 2. The molecule has 1 aromatic heterocycles. The average molecular weight is 242 g/mol. The topological polar surface area (TPSA) is 62.0 Å². The molecule has 0 aliphatic rings. The number of carbonyl (C=O) groups is 1. The third-order valence-electron chi connectivity index (χ3n) is 2.55. The molecule has 0 fully saturated rings. The van der Waals surface area contributed by atoms with Gasteiger partial charge in [-0.25, -0.2) is 0 Å². The summed E-state index contributed by atoms with van der Waals surface area (Å²) in [5, 5.41) is 2.76. The van der Waals surface area contributed by atoms with Gasteiger partial charge in [0.25, 0.3) is 5.91 Å². The van der Waals surface area contributed by atoms with Gasteiger partial charge in [-0.3, -0.25) is 9.59 Å². The third kappa shape index (κ3) is 3.07. The van der Waals surface area contributed by atoms with E-state index < -0.39 is 0 Å². The highest BCUT2D eigenvalue weighted by molar-refractivity contribution is 5.92. The second kappa shape index (κ2) is 5.31. The van der Waals surface area contributed by atoms with Gasteiger partial charge in [0.15, 0.2) is 5.43 Å². The molecule has 18 heavy (non-hydrogen) atoms. The number of hydrogen-bond acceptors (Lipinski definition) is 2. The standard InChI is InChI=1S/C14H14N2O2/c1-10-3-2-4-11(7-10)9-16-14(18)13-8-12(17)5-6-15-13/h2-8H,9H2,1H3,(H,15,17)(H,16,18). The van der Waals surface area contributed by atoms with Gasteiger partial charge in [-0.2, -0.15) is 0 Å². The minimum atomic E-state index is -0.283. The van der Waals surface area contributed by atoms with Gasteiger partial charge < -0.3 is 10.3 Å². The van der Waals surface area contributed by atoms with Crippen LogP contribution < -0.4 is 10.7 Å². The van der Waals surface area contributed by atoms with Crippen molar-refractivity contribution in [3.8, 4) is 0 Å². The van der Waals surface area contributed by atoms with E-state index in [1.54, 1.807) is 0 Å². The Balaban J connectivity index is 2.03. The molecule has 0 bridgehead atoms. The van der Waals surface area contributed by atoms with Crippen LogP contribution in [0, 0.1) is 6.92 Å². The quantitative estimate of drug-likeness (QED) is 0.859. The maximum absolute atomic E-state index is 11.8. The molecule has 92 valence electrons. The SMILES string of the molecule is Cc1cccc(CNC(=O)c2cc(=O)cc[nH]2)c1. The Bertz CT molecular complexity index is 617. The van der Waals surface area contributed by atoms with Gasteiger partial charge in [0.1, 0.15) is 5.69 Å². The van der Waals surface area contributed by atoms with Crippen molar-refractivity contribution in [1.82, 2.24) is 10.3 Å². The van der Waals surface area contributed by atoms with Crippen molar-refractivity contribution < 1.29 is 4.79 Å². The number of benzene rings is 1. The molecule has 0 radical (unpaired) electrons. The van der Waals surface area contributed by atoms with Crippen LogP contribution in [0.4, 0.5) is 0 Å². The Morgan fingerprint density at radius 1 is 1.28 bits per heavy atom. The predicted octanol–water partition coefficient (Wildman–Crippen LogP) is 1.61. The molecule has 0 saturated heterocycles. The van der Waals surface area contributed by atoms with E-state index in [9.17, 15) is 9.59 Å². The fourth-order valence-corrected chi connectivity index (χ4v) is 1.68. The number of aryl methyl sites for hydroxylation is 1. The highest BCUT2D eigenvalue weighted by Gasteiger charge is 2.05. The molecule has 4 nitrogen and oxygen atoms in total. The number of pyridine rings is 1. The van der Waals surface area contributed by atoms with Crippen LogP contribution >= 0.6 is 0 Å². The summed E-state index contributed by atoms with van der Waals surface area (Å²) in [5.74, 6) is -0.283. The number of H-pyrrole nitrogens is 1. The Kier molecular flexibility index (Phi) is 3.57. The fraction of sp³-hybridized carbons (Fsp3) is 0.143. The summed E-state index contributed by atoms with van der Waals surface area (Å²) in [5.41, 5.74) is 2.26. The lowest BCUT2D eigenvalue weighted by molar-refractivity contribution is 0.0946. The van der Waals surface area contributed by atoms with Gasteiger partial charge in [-0.05, 0) is 12.5 Å². The van der Waals surface area contributed by atoms with Crippen LogP contribution in [0.2, 0.25) is 0 Å². The van der Waals surface area contributed by atoms with Crippen molar-refractivity contribution >= 4 is 5.91 Å². The van der Waals surface area contributed by atoms with Crippen LogP contribution in [-0.4, -0.2) is 10.9 Å². The van der Waals surface area contributed by atoms with E-state index in [0.29, 0.717) is 6.54 Å². The minimum absolute atomic E-state index is 0.186. The molecule has 2 N–H and O–H groups in total. The van der Waals surface area contributed by atoms with E-state index in [1.807, 2.05) is 31.2 Å². The molecule has 0 spiro atoms. The zero-order valence-corrected chi connectivity index (χ0v) is 10.1. The van der Waals surface area contributed by atoms with Gasteiger partial charge in [0.05, 0.1) is 0 Å². The van der Waals surface area contributed by atoms with Gasteiger partial charge in [0, 0.05) is 24.9 Å². The van der Waals surface area contributed by atoms with Gasteiger partial charge >= 0.3 is 0 Å². The van der Waals surface area contributed by atoms with Crippen LogP contribution in [0.5, 0.6) is 0 Å². The zero-order chi connectivity index (χ0) is 13.0. The molecular formula is C14H14N2O2. The second-order valence-corrected chi connectivity index (χ2v) is 4.11. The van der Waals surface area contributed by atoms with Crippen LogP contribution in [0.3, 0.4) is 0 Å². The molecule has 1 amide bonds. The molecule has 1 heterocycles. The molecule has 2 rings (SSSR count). The Morgan fingerprint density at radius 2 is 2.11 bits per heavy atom. The number of rotatable bonds is 3. The van der Waals surface area contributed by atoms with Crippen LogP contribution in [0.25, 0.3) is 0 Å². The van der Waals surface area contributed by atoms with Crippen molar-refractivity contribution in [2.24, 2.45) is 0 Å². The number of aromatic nitrogens is 1. The van der Waals surface area contributed by atoms with E-state index >= 15 is 0 Å². The molecule has 2 aromatic rings. The third-order valence-corrected chi connectivity index (χ3v) is 2.55. The normalized spacial score (nSPS) is 10.1. The molecule has 0 aliphatic carbocycles. The van der Waals surface area contributed by atoms with Crippen molar-refractivity contribution in [1.29, 1.82) is 0 Å². The predicted molar refractivity (Wildman–Crippen MR) is 69.4 cm³/mol. The number of carbonyl (C=O) groups excluding carboxylic acids is 1. The maximum atomic E-state index is 11.8. The molecule has 0 unspecified atom stereocenters. The van der Waals surface area contributed by atoms with E-state index in [1.165, 1.54) is 18.3 Å². The lowest BCUT2D eigenvalue weighted by atomic mass is 10.1. The van der Waals surface area contributed by atoms with Crippen LogP contribution in [-0.2, 0) is 6.54 Å². The Hall–Kier alpha value is -2.36. The molecule has 0 aliphatic heterocycles. The van der Waals surface area contributed by atoms with Gasteiger partial charge in [-0.1, -0.05) is 29.8 Å².